The Labute approximate surface area is 110 Å². The molecule has 0 saturated carbocycles. The van der Waals surface area contributed by atoms with Crippen LogP contribution in [0.2, 0.25) is 0 Å². The van der Waals surface area contributed by atoms with E-state index in [0.717, 1.165) is 0 Å². The molecule has 0 aliphatic carbocycles. The molecule has 1 aromatic rings. The van der Waals surface area contributed by atoms with E-state index in [1.54, 1.807) is 0 Å². The first-order chi connectivity index (χ1) is 9.02. The second kappa shape index (κ2) is 7.31. The van der Waals surface area contributed by atoms with E-state index in [1.807, 2.05) is 6.92 Å². The lowest BCUT2D eigenvalue weighted by Crippen LogP contribution is -2.39. The van der Waals surface area contributed by atoms with Crippen molar-refractivity contribution >= 4 is 18.0 Å². The number of nitrogens with one attached hydrogen (secondary N) is 1. The first kappa shape index (κ1) is 14.9. The van der Waals surface area contributed by atoms with E-state index in [0.29, 0.717) is 18.4 Å². The number of halogens is 1. The Morgan fingerprint density at radius 2 is 2.00 bits per heavy atom. The van der Waals surface area contributed by atoms with Gasteiger partial charge in [-0.3, -0.25) is 4.79 Å². The molecule has 0 unspecified atom stereocenters. The summed E-state index contributed by atoms with van der Waals surface area (Å²) in [6.45, 7) is 1.84. The van der Waals surface area contributed by atoms with E-state index < -0.39 is 17.9 Å². The van der Waals surface area contributed by atoms with Gasteiger partial charge in [0.2, 0.25) is 5.91 Å². The molecule has 102 valence electrons. The first-order valence-corrected chi connectivity index (χ1v) is 6.00. The maximum atomic E-state index is 12.7. The molecule has 1 aromatic carbocycles. The van der Waals surface area contributed by atoms with Gasteiger partial charge in [-0.25, -0.2) is 9.18 Å². The smallest absolute Gasteiger partial charge is 0.326 e. The van der Waals surface area contributed by atoms with E-state index >= 15 is 0 Å². The van der Waals surface area contributed by atoms with Crippen molar-refractivity contribution < 1.29 is 19.1 Å². The Bertz CT molecular complexity index is 468. The fourth-order valence-corrected chi connectivity index (χ4v) is 1.51. The second-order valence-electron chi connectivity index (χ2n) is 4.07. The summed E-state index contributed by atoms with van der Waals surface area (Å²) in [7, 11) is 0. The summed E-state index contributed by atoms with van der Waals surface area (Å²) in [6.07, 6.45) is 3.78. The summed E-state index contributed by atoms with van der Waals surface area (Å²) in [5.74, 6) is -1.88. The number of rotatable bonds is 6. The molecule has 0 bridgehead atoms. The molecule has 0 spiro atoms. The molecular weight excluding hydrogens is 249 g/mol. The van der Waals surface area contributed by atoms with Crippen LogP contribution < -0.4 is 5.32 Å². The van der Waals surface area contributed by atoms with Gasteiger partial charge in [-0.2, -0.15) is 0 Å². The Hall–Kier alpha value is -2.17. The molecule has 5 heteroatoms. The Morgan fingerprint density at radius 1 is 1.37 bits per heavy atom. The number of carboxylic acid groups (broad SMARTS) is 1. The van der Waals surface area contributed by atoms with Crippen LogP contribution in [-0.2, 0) is 9.59 Å². The van der Waals surface area contributed by atoms with E-state index in [1.165, 1.54) is 36.4 Å². The van der Waals surface area contributed by atoms with E-state index in [4.69, 9.17) is 5.11 Å². The van der Waals surface area contributed by atoms with Crippen molar-refractivity contribution in [2.45, 2.75) is 25.8 Å². The molecule has 2 N–H and O–H groups in total. The zero-order valence-electron chi connectivity index (χ0n) is 10.6. The second-order valence-corrected chi connectivity index (χ2v) is 4.07. The summed E-state index contributed by atoms with van der Waals surface area (Å²) >= 11 is 0. The topological polar surface area (TPSA) is 66.4 Å². The minimum absolute atomic E-state index is 0.351. The van der Waals surface area contributed by atoms with E-state index in [2.05, 4.69) is 5.32 Å². The number of aliphatic carboxylic acids is 1. The largest absolute Gasteiger partial charge is 0.480 e. The van der Waals surface area contributed by atoms with Gasteiger partial charge in [0.05, 0.1) is 0 Å². The Balaban J connectivity index is 2.58. The lowest BCUT2D eigenvalue weighted by Gasteiger charge is -2.11. The molecule has 0 heterocycles. The van der Waals surface area contributed by atoms with Crippen LogP contribution in [0.4, 0.5) is 4.39 Å². The summed E-state index contributed by atoms with van der Waals surface area (Å²) in [6, 6.07) is 4.75. The van der Waals surface area contributed by atoms with Crippen LogP contribution in [0.25, 0.3) is 6.08 Å². The van der Waals surface area contributed by atoms with Crippen LogP contribution >= 0.6 is 0 Å². The van der Waals surface area contributed by atoms with Crippen LogP contribution in [-0.4, -0.2) is 23.0 Å². The predicted molar refractivity (Wildman–Crippen MR) is 69.9 cm³/mol. The van der Waals surface area contributed by atoms with Crippen molar-refractivity contribution in [3.8, 4) is 0 Å². The maximum absolute atomic E-state index is 12.7. The van der Waals surface area contributed by atoms with Gasteiger partial charge in [0.1, 0.15) is 11.9 Å². The van der Waals surface area contributed by atoms with E-state index in [-0.39, 0.29) is 5.82 Å². The van der Waals surface area contributed by atoms with Gasteiger partial charge in [-0.1, -0.05) is 25.5 Å². The molecule has 0 aliphatic rings. The highest BCUT2D eigenvalue weighted by molar-refractivity contribution is 5.94. The fraction of sp³-hybridized carbons (Fsp3) is 0.286. The maximum Gasteiger partial charge on any atom is 0.326 e. The third-order valence-electron chi connectivity index (χ3n) is 2.49. The van der Waals surface area contributed by atoms with Crippen molar-refractivity contribution in [3.05, 3.63) is 41.7 Å². The first-order valence-electron chi connectivity index (χ1n) is 6.00. The normalized spacial score (nSPS) is 12.3. The summed E-state index contributed by atoms with van der Waals surface area (Å²) < 4.78 is 12.7. The average molecular weight is 265 g/mol. The summed E-state index contributed by atoms with van der Waals surface area (Å²) in [4.78, 5) is 22.4. The van der Waals surface area contributed by atoms with Crippen molar-refractivity contribution in [3.63, 3.8) is 0 Å². The van der Waals surface area contributed by atoms with Gasteiger partial charge in [-0.05, 0) is 30.2 Å². The number of amides is 1. The Kier molecular flexibility index (Phi) is 5.73. The van der Waals surface area contributed by atoms with Gasteiger partial charge >= 0.3 is 5.97 Å². The molecule has 1 atom stereocenters. The van der Waals surface area contributed by atoms with E-state index in [9.17, 15) is 14.0 Å². The highest BCUT2D eigenvalue weighted by Crippen LogP contribution is 2.04. The molecule has 1 rings (SSSR count). The SMILES string of the molecule is CCC[C@H](NC(=O)/C=C/c1ccc(F)cc1)C(=O)O. The van der Waals surface area contributed by atoms with Crippen molar-refractivity contribution in [2.24, 2.45) is 0 Å². The molecular formula is C14H16FNO3. The number of carbonyl (C=O) groups excluding carboxylic acids is 1. The van der Waals surface area contributed by atoms with Gasteiger partial charge in [0.15, 0.2) is 0 Å². The third kappa shape index (κ3) is 5.33. The number of hydrogen-bond donors (Lipinski definition) is 2. The van der Waals surface area contributed by atoms with Gasteiger partial charge in [0.25, 0.3) is 0 Å². The fourth-order valence-electron chi connectivity index (χ4n) is 1.51. The Morgan fingerprint density at radius 3 is 2.53 bits per heavy atom. The molecule has 4 nitrogen and oxygen atoms in total. The summed E-state index contributed by atoms with van der Waals surface area (Å²) in [5, 5.41) is 11.3. The standard InChI is InChI=1S/C14H16FNO3/c1-2-3-12(14(18)19)16-13(17)9-6-10-4-7-11(15)8-5-10/h4-9,12H,2-3H2,1H3,(H,16,17)(H,18,19)/b9-6+/t12-/m0/s1. The number of hydrogen-bond acceptors (Lipinski definition) is 2. The molecule has 0 aromatic heterocycles. The number of carbonyl (C=O) groups is 2. The van der Waals surface area contributed by atoms with Crippen LogP contribution in [0, 0.1) is 5.82 Å². The van der Waals surface area contributed by atoms with Crippen LogP contribution in [0.5, 0.6) is 0 Å². The van der Waals surface area contributed by atoms with Crippen LogP contribution in [0.3, 0.4) is 0 Å². The minimum atomic E-state index is -1.05. The number of carboxylic acids is 1. The molecule has 19 heavy (non-hydrogen) atoms. The van der Waals surface area contributed by atoms with Gasteiger partial charge in [-0.15, -0.1) is 0 Å². The molecule has 0 fully saturated rings. The number of benzene rings is 1. The average Bonchev–Trinajstić information content (AvgIpc) is 2.37. The molecule has 0 saturated heterocycles. The lowest BCUT2D eigenvalue weighted by atomic mass is 10.1. The van der Waals surface area contributed by atoms with Crippen molar-refractivity contribution in [1.29, 1.82) is 0 Å². The highest BCUT2D eigenvalue weighted by atomic mass is 19.1. The van der Waals surface area contributed by atoms with Crippen LogP contribution in [0.1, 0.15) is 25.3 Å². The molecule has 0 radical (unpaired) electrons. The zero-order chi connectivity index (χ0) is 14.3. The zero-order valence-corrected chi connectivity index (χ0v) is 10.6. The van der Waals surface area contributed by atoms with Crippen LogP contribution in [0.15, 0.2) is 30.3 Å². The van der Waals surface area contributed by atoms with Gasteiger partial charge < -0.3 is 10.4 Å². The predicted octanol–water partition coefficient (Wildman–Crippen LogP) is 2.21. The molecule has 1 amide bonds. The van der Waals surface area contributed by atoms with Gasteiger partial charge in [0, 0.05) is 6.08 Å². The van der Waals surface area contributed by atoms with Crippen molar-refractivity contribution in [2.75, 3.05) is 0 Å². The van der Waals surface area contributed by atoms with Crippen molar-refractivity contribution in [1.82, 2.24) is 5.32 Å². The summed E-state index contributed by atoms with van der Waals surface area (Å²) in [5.41, 5.74) is 0.666. The minimum Gasteiger partial charge on any atom is -0.480 e. The monoisotopic (exact) mass is 265 g/mol. The molecule has 0 aliphatic heterocycles. The third-order valence-corrected chi connectivity index (χ3v) is 2.49. The quantitative estimate of drug-likeness (QED) is 0.775. The lowest BCUT2D eigenvalue weighted by molar-refractivity contribution is -0.141. The highest BCUT2D eigenvalue weighted by Gasteiger charge is 2.17.